The second-order valence-electron chi connectivity index (χ2n) is 5.63. The molecule has 0 saturated carbocycles. The minimum absolute atomic E-state index is 0.0500. The fraction of sp³-hybridized carbons (Fsp3) is 0.167. The maximum absolute atomic E-state index is 5.64. The highest BCUT2D eigenvalue weighted by Crippen LogP contribution is 2.40. The molecule has 0 bridgehead atoms. The first-order valence-corrected chi connectivity index (χ1v) is 9.02. The van der Waals surface area contributed by atoms with Crippen LogP contribution in [0.4, 0.5) is 0 Å². The summed E-state index contributed by atoms with van der Waals surface area (Å²) in [6, 6.07) is 14.5. The summed E-state index contributed by atoms with van der Waals surface area (Å²) in [6.45, 7) is 0.728. The molecular weight excluding hydrogens is 336 g/mol. The largest absolute Gasteiger partial charge is 0.352 e. The van der Waals surface area contributed by atoms with E-state index in [0.29, 0.717) is 0 Å². The summed E-state index contributed by atoms with van der Waals surface area (Å²) in [5.41, 5.74) is 2.15. The van der Waals surface area contributed by atoms with E-state index in [-0.39, 0.29) is 12.1 Å². The summed E-state index contributed by atoms with van der Waals surface area (Å²) in [5, 5.41) is 6.32. The second kappa shape index (κ2) is 6.67. The molecule has 3 aromatic rings. The zero-order valence-electron chi connectivity index (χ0n) is 12.9. The number of pyridine rings is 2. The van der Waals surface area contributed by atoms with Crippen molar-refractivity contribution in [2.75, 3.05) is 0 Å². The van der Waals surface area contributed by atoms with Crippen LogP contribution >= 0.6 is 23.6 Å². The molecule has 0 aromatic carbocycles. The Morgan fingerprint density at radius 2 is 2.08 bits per heavy atom. The Kier molecular flexibility index (Phi) is 4.23. The van der Waals surface area contributed by atoms with E-state index in [0.717, 1.165) is 22.9 Å². The van der Waals surface area contributed by atoms with Gasteiger partial charge in [0.25, 0.3) is 0 Å². The monoisotopic (exact) mass is 352 g/mol. The Morgan fingerprint density at radius 1 is 1.12 bits per heavy atom. The molecule has 4 rings (SSSR count). The van der Waals surface area contributed by atoms with Gasteiger partial charge in [-0.05, 0) is 47.4 Å². The molecule has 6 heteroatoms. The van der Waals surface area contributed by atoms with Crippen molar-refractivity contribution in [1.29, 1.82) is 0 Å². The number of hydrogen-bond acceptors (Lipinski definition) is 4. The van der Waals surface area contributed by atoms with Gasteiger partial charge in [0, 0.05) is 30.0 Å². The number of rotatable bonds is 4. The lowest BCUT2D eigenvalue weighted by Crippen LogP contribution is -2.28. The lowest BCUT2D eigenvalue weighted by molar-refractivity contribution is 0.315. The van der Waals surface area contributed by atoms with E-state index in [4.69, 9.17) is 12.2 Å². The minimum atomic E-state index is 0.0500. The van der Waals surface area contributed by atoms with Crippen molar-refractivity contribution in [2.24, 2.45) is 0 Å². The molecular formula is C18H16N4S2. The highest BCUT2D eigenvalue weighted by molar-refractivity contribution is 7.80. The van der Waals surface area contributed by atoms with Crippen LogP contribution in [0.15, 0.2) is 66.4 Å². The Bertz CT molecular complexity index is 806. The molecule has 3 aromatic heterocycles. The van der Waals surface area contributed by atoms with Crippen molar-refractivity contribution in [3.05, 3.63) is 82.6 Å². The number of nitrogens with zero attached hydrogens (tertiary/aromatic N) is 3. The van der Waals surface area contributed by atoms with Gasteiger partial charge in [0.15, 0.2) is 5.11 Å². The van der Waals surface area contributed by atoms with Crippen molar-refractivity contribution in [2.45, 2.75) is 18.6 Å². The van der Waals surface area contributed by atoms with Crippen molar-refractivity contribution < 1.29 is 0 Å². The molecule has 1 aliphatic rings. The summed E-state index contributed by atoms with van der Waals surface area (Å²) in [5.74, 6) is 0. The third kappa shape index (κ3) is 2.90. The minimum Gasteiger partial charge on any atom is -0.352 e. The fourth-order valence-electron chi connectivity index (χ4n) is 3.03. The van der Waals surface area contributed by atoms with Gasteiger partial charge in [-0.15, -0.1) is 11.3 Å². The Balaban J connectivity index is 1.71. The number of aromatic nitrogens is 2. The third-order valence-corrected chi connectivity index (χ3v) is 5.40. The highest BCUT2D eigenvalue weighted by Gasteiger charge is 2.40. The molecule has 1 fully saturated rings. The predicted molar refractivity (Wildman–Crippen MR) is 99.6 cm³/mol. The zero-order chi connectivity index (χ0) is 16.4. The molecule has 0 spiro atoms. The number of hydrogen-bond donors (Lipinski definition) is 1. The van der Waals surface area contributed by atoms with E-state index in [1.165, 1.54) is 4.88 Å². The molecule has 1 N–H and O–H groups in total. The van der Waals surface area contributed by atoms with Crippen molar-refractivity contribution in [1.82, 2.24) is 20.2 Å². The van der Waals surface area contributed by atoms with E-state index >= 15 is 0 Å². The summed E-state index contributed by atoms with van der Waals surface area (Å²) >= 11 is 7.39. The van der Waals surface area contributed by atoms with E-state index in [1.807, 2.05) is 30.6 Å². The molecule has 4 nitrogen and oxygen atoms in total. The Labute approximate surface area is 150 Å². The second-order valence-corrected chi connectivity index (χ2v) is 7.00. The van der Waals surface area contributed by atoms with Crippen LogP contribution in [0.25, 0.3) is 0 Å². The quantitative estimate of drug-likeness (QED) is 0.725. The Hall–Kier alpha value is -2.31. The van der Waals surface area contributed by atoms with Crippen LogP contribution in [0.2, 0.25) is 0 Å². The van der Waals surface area contributed by atoms with Gasteiger partial charge < -0.3 is 10.2 Å². The van der Waals surface area contributed by atoms with E-state index in [2.05, 4.69) is 49.8 Å². The van der Waals surface area contributed by atoms with Crippen molar-refractivity contribution in [3.8, 4) is 0 Å². The normalized spacial score (nSPS) is 20.2. The number of thiophene rings is 1. The van der Waals surface area contributed by atoms with E-state index in [9.17, 15) is 0 Å². The van der Waals surface area contributed by atoms with Gasteiger partial charge in [-0.2, -0.15) is 0 Å². The van der Waals surface area contributed by atoms with Crippen LogP contribution in [0.3, 0.4) is 0 Å². The molecule has 1 saturated heterocycles. The van der Waals surface area contributed by atoms with Crippen LogP contribution in [0.5, 0.6) is 0 Å². The van der Waals surface area contributed by atoms with Gasteiger partial charge in [-0.3, -0.25) is 9.97 Å². The van der Waals surface area contributed by atoms with Crippen molar-refractivity contribution >= 4 is 28.7 Å². The maximum atomic E-state index is 5.64. The smallest absolute Gasteiger partial charge is 0.170 e. The van der Waals surface area contributed by atoms with Crippen LogP contribution in [-0.4, -0.2) is 20.0 Å². The molecule has 120 valence electrons. The van der Waals surface area contributed by atoms with Gasteiger partial charge in [-0.25, -0.2) is 0 Å². The average molecular weight is 352 g/mol. The van der Waals surface area contributed by atoms with Gasteiger partial charge in [0.2, 0.25) is 0 Å². The first-order valence-electron chi connectivity index (χ1n) is 7.73. The summed E-state index contributed by atoms with van der Waals surface area (Å²) in [4.78, 5) is 12.3. The highest BCUT2D eigenvalue weighted by atomic mass is 32.1. The van der Waals surface area contributed by atoms with Gasteiger partial charge >= 0.3 is 0 Å². The lowest BCUT2D eigenvalue weighted by Gasteiger charge is -2.26. The molecule has 2 atom stereocenters. The average Bonchev–Trinajstić information content (AvgIpc) is 3.25. The number of nitrogens with one attached hydrogen (secondary N) is 1. The SMILES string of the molecule is S=C1N[C@@H](c2ccccn2)[C@@H](c2cccs2)N1Cc1cccnc1. The van der Waals surface area contributed by atoms with Gasteiger partial charge in [0.05, 0.1) is 17.8 Å². The van der Waals surface area contributed by atoms with Crippen LogP contribution < -0.4 is 5.32 Å². The maximum Gasteiger partial charge on any atom is 0.170 e. The first kappa shape index (κ1) is 15.2. The van der Waals surface area contributed by atoms with Crippen LogP contribution in [-0.2, 0) is 6.54 Å². The summed E-state index contributed by atoms with van der Waals surface area (Å²) in [7, 11) is 0. The predicted octanol–water partition coefficient (Wildman–Crippen LogP) is 3.71. The van der Waals surface area contributed by atoms with Crippen LogP contribution in [0.1, 0.15) is 28.2 Å². The molecule has 0 amide bonds. The summed E-state index contributed by atoms with van der Waals surface area (Å²) in [6.07, 6.45) is 5.51. The Morgan fingerprint density at radius 3 is 2.79 bits per heavy atom. The molecule has 0 aliphatic carbocycles. The number of thiocarbonyl (C=S) groups is 1. The van der Waals surface area contributed by atoms with Gasteiger partial charge in [-0.1, -0.05) is 18.2 Å². The first-order chi connectivity index (χ1) is 11.8. The molecule has 0 radical (unpaired) electrons. The molecule has 24 heavy (non-hydrogen) atoms. The molecule has 1 aliphatic heterocycles. The zero-order valence-corrected chi connectivity index (χ0v) is 14.5. The lowest BCUT2D eigenvalue weighted by atomic mass is 10.0. The summed E-state index contributed by atoms with van der Waals surface area (Å²) < 4.78 is 0. The van der Waals surface area contributed by atoms with E-state index < -0.39 is 0 Å². The molecule has 0 unspecified atom stereocenters. The van der Waals surface area contributed by atoms with Crippen molar-refractivity contribution in [3.63, 3.8) is 0 Å². The topological polar surface area (TPSA) is 41.1 Å². The standard InChI is InChI=1S/C18H16N4S2/c23-18-21-16(14-6-1-2-9-20-14)17(15-7-4-10-24-15)22(18)12-13-5-3-8-19-11-13/h1-11,16-17H,12H2,(H,21,23)/t16-,17+/m0/s1. The fourth-order valence-corrected chi connectivity index (χ4v) is 4.21. The van der Waals surface area contributed by atoms with Crippen LogP contribution in [0, 0.1) is 0 Å². The molecule has 4 heterocycles. The third-order valence-electron chi connectivity index (χ3n) is 4.11. The van der Waals surface area contributed by atoms with E-state index in [1.54, 1.807) is 17.5 Å². The van der Waals surface area contributed by atoms with Gasteiger partial charge in [0.1, 0.15) is 0 Å².